The smallest absolute Gasteiger partial charge is 0.250 e. The standard InChI is InChI=1S/C18H24N2O3S3/c1-13(2)17(20-26(22,23)16-5-4-12-25-16)18(21)19-11-10-14-6-8-15(24-3)9-7-14/h4-9,12-13,17,20H,10-11H2,1-3H3,(H,19,21)/t17-/m0/s1. The highest BCUT2D eigenvalue weighted by atomic mass is 32.2. The van der Waals surface area contributed by atoms with E-state index in [2.05, 4.69) is 10.0 Å². The lowest BCUT2D eigenvalue weighted by Crippen LogP contribution is -2.49. The molecule has 0 aliphatic heterocycles. The van der Waals surface area contributed by atoms with E-state index in [9.17, 15) is 13.2 Å². The molecule has 0 fully saturated rings. The van der Waals surface area contributed by atoms with Crippen molar-refractivity contribution in [2.45, 2.75) is 35.4 Å². The molecule has 1 aromatic heterocycles. The summed E-state index contributed by atoms with van der Waals surface area (Å²) in [5, 5.41) is 4.54. The fraction of sp³-hybridized carbons (Fsp3) is 0.389. The van der Waals surface area contributed by atoms with Gasteiger partial charge in [-0.25, -0.2) is 8.42 Å². The predicted molar refractivity (Wildman–Crippen MR) is 108 cm³/mol. The Hall–Kier alpha value is -1.35. The van der Waals surface area contributed by atoms with Gasteiger partial charge in [0, 0.05) is 11.4 Å². The quantitative estimate of drug-likeness (QED) is 0.621. The van der Waals surface area contributed by atoms with Crippen LogP contribution in [-0.2, 0) is 21.2 Å². The van der Waals surface area contributed by atoms with Gasteiger partial charge in [0.05, 0.1) is 0 Å². The zero-order valence-corrected chi connectivity index (χ0v) is 17.5. The summed E-state index contributed by atoms with van der Waals surface area (Å²) in [5.74, 6) is -0.466. The summed E-state index contributed by atoms with van der Waals surface area (Å²) >= 11 is 2.81. The van der Waals surface area contributed by atoms with Crippen molar-refractivity contribution in [2.24, 2.45) is 5.92 Å². The Kier molecular flexibility index (Phi) is 7.69. The van der Waals surface area contributed by atoms with Crippen molar-refractivity contribution in [3.8, 4) is 0 Å². The third-order valence-electron chi connectivity index (χ3n) is 3.86. The van der Waals surface area contributed by atoms with E-state index >= 15 is 0 Å². The molecule has 0 bridgehead atoms. The van der Waals surface area contributed by atoms with Gasteiger partial charge < -0.3 is 5.32 Å². The molecule has 2 N–H and O–H groups in total. The van der Waals surface area contributed by atoms with Crippen molar-refractivity contribution in [2.75, 3.05) is 12.8 Å². The van der Waals surface area contributed by atoms with Crippen molar-refractivity contribution in [3.63, 3.8) is 0 Å². The van der Waals surface area contributed by atoms with E-state index in [0.717, 1.165) is 16.9 Å². The summed E-state index contributed by atoms with van der Waals surface area (Å²) in [5.41, 5.74) is 1.13. The summed E-state index contributed by atoms with van der Waals surface area (Å²) < 4.78 is 27.5. The van der Waals surface area contributed by atoms with Gasteiger partial charge in [0.25, 0.3) is 10.0 Å². The number of thiophene rings is 1. The van der Waals surface area contributed by atoms with E-state index < -0.39 is 16.1 Å². The number of sulfonamides is 1. The zero-order chi connectivity index (χ0) is 19.2. The Labute approximate surface area is 163 Å². The Morgan fingerprint density at radius 2 is 1.88 bits per heavy atom. The average molecular weight is 413 g/mol. The van der Waals surface area contributed by atoms with E-state index in [0.29, 0.717) is 13.0 Å². The second-order valence-electron chi connectivity index (χ2n) is 6.16. The van der Waals surface area contributed by atoms with Crippen molar-refractivity contribution < 1.29 is 13.2 Å². The van der Waals surface area contributed by atoms with Crippen LogP contribution < -0.4 is 10.0 Å². The summed E-state index contributed by atoms with van der Waals surface area (Å²) in [4.78, 5) is 13.7. The van der Waals surface area contributed by atoms with Gasteiger partial charge in [-0.1, -0.05) is 32.0 Å². The minimum atomic E-state index is -3.69. The number of thioether (sulfide) groups is 1. The Bertz CT molecular complexity index is 801. The van der Waals surface area contributed by atoms with Gasteiger partial charge in [0.15, 0.2) is 0 Å². The highest BCUT2D eigenvalue weighted by molar-refractivity contribution is 7.98. The lowest BCUT2D eigenvalue weighted by Gasteiger charge is -2.21. The number of rotatable bonds is 9. The van der Waals surface area contributed by atoms with Crippen molar-refractivity contribution in [1.29, 1.82) is 0 Å². The number of hydrogen-bond acceptors (Lipinski definition) is 5. The van der Waals surface area contributed by atoms with Gasteiger partial charge in [0.1, 0.15) is 10.3 Å². The van der Waals surface area contributed by atoms with Crippen molar-refractivity contribution >= 4 is 39.0 Å². The molecule has 2 aromatic rings. The van der Waals surface area contributed by atoms with Crippen LogP contribution in [0, 0.1) is 5.92 Å². The molecule has 0 saturated heterocycles. The third-order valence-corrected chi connectivity index (χ3v) is 7.45. The summed E-state index contributed by atoms with van der Waals surface area (Å²) in [6.45, 7) is 4.10. The molecule has 1 atom stereocenters. The molecule has 0 spiro atoms. The molecule has 0 unspecified atom stereocenters. The molecular weight excluding hydrogens is 388 g/mol. The van der Waals surface area contributed by atoms with Crippen molar-refractivity contribution in [1.82, 2.24) is 10.0 Å². The molecule has 0 saturated carbocycles. The van der Waals surface area contributed by atoms with E-state index in [-0.39, 0.29) is 16.0 Å². The number of carbonyl (C=O) groups excluding carboxylic acids is 1. The molecule has 1 heterocycles. The van der Waals surface area contributed by atoms with Crippen molar-refractivity contribution in [3.05, 3.63) is 47.3 Å². The first kappa shape index (κ1) is 21.0. The molecule has 26 heavy (non-hydrogen) atoms. The van der Waals surface area contributed by atoms with Crippen LogP contribution >= 0.6 is 23.1 Å². The summed E-state index contributed by atoms with van der Waals surface area (Å²) in [7, 11) is -3.69. The fourth-order valence-electron chi connectivity index (χ4n) is 2.37. The van der Waals surface area contributed by atoms with E-state index in [1.54, 1.807) is 23.2 Å². The second kappa shape index (κ2) is 9.55. The lowest BCUT2D eigenvalue weighted by atomic mass is 10.0. The summed E-state index contributed by atoms with van der Waals surface area (Å²) in [6.07, 6.45) is 2.72. The monoisotopic (exact) mass is 412 g/mol. The van der Waals surface area contributed by atoms with Gasteiger partial charge in [-0.15, -0.1) is 23.1 Å². The first-order valence-electron chi connectivity index (χ1n) is 8.30. The molecule has 8 heteroatoms. The van der Waals surface area contributed by atoms with Crippen LogP contribution in [0.3, 0.4) is 0 Å². The fourth-order valence-corrected chi connectivity index (χ4v) is 5.13. The van der Waals surface area contributed by atoms with Gasteiger partial charge in [-0.2, -0.15) is 4.72 Å². The molecule has 0 aliphatic carbocycles. The van der Waals surface area contributed by atoms with Crippen LogP contribution in [0.1, 0.15) is 19.4 Å². The molecule has 1 aromatic carbocycles. The first-order chi connectivity index (χ1) is 12.3. The van der Waals surface area contributed by atoms with E-state index in [1.165, 1.54) is 11.0 Å². The van der Waals surface area contributed by atoms with Crippen LogP contribution in [0.25, 0.3) is 0 Å². The first-order valence-corrected chi connectivity index (χ1v) is 11.9. The van der Waals surface area contributed by atoms with Crippen LogP contribution in [0.4, 0.5) is 0 Å². The van der Waals surface area contributed by atoms with Crippen LogP contribution in [-0.4, -0.2) is 33.2 Å². The van der Waals surface area contributed by atoms with Crippen LogP contribution in [0.15, 0.2) is 50.9 Å². The molecule has 142 valence electrons. The highest BCUT2D eigenvalue weighted by Gasteiger charge is 2.28. The number of nitrogens with one attached hydrogen (secondary N) is 2. The maximum atomic E-state index is 12.5. The minimum absolute atomic E-state index is 0.161. The number of amides is 1. The SMILES string of the molecule is CSc1ccc(CCNC(=O)[C@@H](NS(=O)(=O)c2cccs2)C(C)C)cc1. The topological polar surface area (TPSA) is 75.3 Å². The largest absolute Gasteiger partial charge is 0.354 e. The van der Waals surface area contributed by atoms with Gasteiger partial charge in [-0.3, -0.25) is 4.79 Å². The molecule has 2 rings (SSSR count). The Morgan fingerprint density at radius 3 is 2.42 bits per heavy atom. The molecule has 0 radical (unpaired) electrons. The zero-order valence-electron chi connectivity index (χ0n) is 15.1. The van der Waals surface area contributed by atoms with Crippen LogP contribution in [0.2, 0.25) is 0 Å². The van der Waals surface area contributed by atoms with Gasteiger partial charge >= 0.3 is 0 Å². The molecule has 0 aliphatic rings. The summed E-state index contributed by atoms with van der Waals surface area (Å²) in [6, 6.07) is 10.6. The molecule has 5 nitrogen and oxygen atoms in total. The van der Waals surface area contributed by atoms with E-state index in [4.69, 9.17) is 0 Å². The van der Waals surface area contributed by atoms with Crippen LogP contribution in [0.5, 0.6) is 0 Å². The Balaban J connectivity index is 1.93. The number of benzene rings is 1. The normalized spacial score (nSPS) is 12.9. The molecular formula is C18H24N2O3S3. The Morgan fingerprint density at radius 1 is 1.19 bits per heavy atom. The minimum Gasteiger partial charge on any atom is -0.354 e. The van der Waals surface area contributed by atoms with Gasteiger partial charge in [-0.05, 0) is 47.7 Å². The highest BCUT2D eigenvalue weighted by Crippen LogP contribution is 2.17. The lowest BCUT2D eigenvalue weighted by molar-refractivity contribution is -0.123. The number of carbonyl (C=O) groups is 1. The average Bonchev–Trinajstić information content (AvgIpc) is 3.15. The molecule has 1 amide bonds. The predicted octanol–water partition coefficient (Wildman–Crippen LogP) is 3.13. The number of hydrogen-bond donors (Lipinski definition) is 2. The third kappa shape index (κ3) is 5.84. The van der Waals surface area contributed by atoms with E-state index in [1.807, 2.05) is 44.4 Å². The maximum absolute atomic E-state index is 12.5. The van der Waals surface area contributed by atoms with Gasteiger partial charge in [0.2, 0.25) is 5.91 Å². The second-order valence-corrected chi connectivity index (χ2v) is 9.93. The maximum Gasteiger partial charge on any atom is 0.250 e.